The van der Waals surface area contributed by atoms with Gasteiger partial charge in [-0.1, -0.05) is 34.6 Å². The number of rotatable bonds is 6. The first-order valence-corrected chi connectivity index (χ1v) is 15.9. The van der Waals surface area contributed by atoms with Crippen molar-refractivity contribution in [2.45, 2.75) is 106 Å². The molecule has 8 nitrogen and oxygen atoms in total. The fourth-order valence-electron chi connectivity index (χ4n) is 11.8. The molecule has 0 aromatic rings. The van der Waals surface area contributed by atoms with Crippen molar-refractivity contribution in [2.75, 3.05) is 6.61 Å². The fourth-order valence-corrected chi connectivity index (χ4v) is 11.8. The Labute approximate surface area is 249 Å². The number of hydrogen-bond acceptors (Lipinski definition) is 8. The summed E-state index contributed by atoms with van der Waals surface area (Å²) in [5.41, 5.74) is -3.55. The van der Waals surface area contributed by atoms with E-state index in [9.17, 15) is 28.8 Å². The first kappa shape index (κ1) is 31.1. The molecule has 5 fully saturated rings. The summed E-state index contributed by atoms with van der Waals surface area (Å²) in [6.07, 6.45) is 5.69. The zero-order valence-electron chi connectivity index (χ0n) is 26.3. The van der Waals surface area contributed by atoms with Crippen LogP contribution in [0.15, 0.2) is 0 Å². The monoisotopic (exact) mass is 584 g/mol. The Hall–Kier alpha value is -2.38. The standard InChI is InChI=1S/C34H48O8/c1-19(2)22-14-27(42-21(4)38)34(18-41-20(3)37)13-12-30(5)23(28(22)34)8-9-25-31(30,6)11-10-26-32(25,7)29(40)24(39)15-33(26,16-35)17-36/h16-17,19,22-23,25-28H,8-15,18H2,1-7H3/t22-,23+,25-,26+,27?,28+,30+,31+,32+,34+/m0/s1. The van der Waals surface area contributed by atoms with Crippen molar-refractivity contribution in [1.29, 1.82) is 0 Å². The van der Waals surface area contributed by atoms with Crippen LogP contribution in [0.5, 0.6) is 0 Å². The maximum absolute atomic E-state index is 13.9. The van der Waals surface area contributed by atoms with Gasteiger partial charge in [0.25, 0.3) is 0 Å². The van der Waals surface area contributed by atoms with Gasteiger partial charge in [0.1, 0.15) is 25.3 Å². The molecule has 0 amide bonds. The topological polar surface area (TPSA) is 121 Å². The molecule has 0 aromatic heterocycles. The molecule has 5 aliphatic carbocycles. The minimum absolute atomic E-state index is 0.148. The molecule has 0 aromatic carbocycles. The number of aldehydes is 2. The molecule has 232 valence electrons. The number of fused-ring (bicyclic) bond motifs is 7. The van der Waals surface area contributed by atoms with Crippen LogP contribution in [0.4, 0.5) is 0 Å². The summed E-state index contributed by atoms with van der Waals surface area (Å²) >= 11 is 0. The third kappa shape index (κ3) is 3.91. The summed E-state index contributed by atoms with van der Waals surface area (Å²) in [6.45, 7) is 14.0. The van der Waals surface area contributed by atoms with Gasteiger partial charge in [-0.15, -0.1) is 0 Å². The third-order valence-corrected chi connectivity index (χ3v) is 13.9. The molecule has 0 radical (unpaired) electrons. The smallest absolute Gasteiger partial charge is 0.302 e. The molecule has 10 atom stereocenters. The van der Waals surface area contributed by atoms with Gasteiger partial charge in [0.15, 0.2) is 5.78 Å². The van der Waals surface area contributed by atoms with E-state index in [0.717, 1.165) is 32.1 Å². The number of ether oxygens (including phenoxy) is 2. The van der Waals surface area contributed by atoms with Crippen LogP contribution in [0.2, 0.25) is 0 Å². The average Bonchev–Trinajstić information content (AvgIpc) is 3.24. The highest BCUT2D eigenvalue weighted by Gasteiger charge is 2.75. The first-order valence-electron chi connectivity index (χ1n) is 15.9. The number of Topliss-reactive ketones (excluding diaryl/α,β-unsaturated/α-hetero) is 2. The lowest BCUT2D eigenvalue weighted by molar-refractivity contribution is -0.238. The van der Waals surface area contributed by atoms with Gasteiger partial charge in [-0.25, -0.2) is 0 Å². The van der Waals surface area contributed by atoms with E-state index in [1.165, 1.54) is 13.8 Å². The number of hydrogen-bond donors (Lipinski definition) is 0. The summed E-state index contributed by atoms with van der Waals surface area (Å²) in [5.74, 6) is -1.36. The van der Waals surface area contributed by atoms with Crippen LogP contribution in [0.3, 0.4) is 0 Å². The van der Waals surface area contributed by atoms with Crippen LogP contribution in [0.25, 0.3) is 0 Å². The van der Waals surface area contributed by atoms with Crippen LogP contribution in [0.1, 0.15) is 99.8 Å². The Morgan fingerprint density at radius 1 is 0.905 bits per heavy atom. The Bertz CT molecular complexity index is 1200. The highest BCUT2D eigenvalue weighted by molar-refractivity contribution is 6.41. The number of carbonyl (C=O) groups excluding carboxylic acids is 6. The van der Waals surface area contributed by atoms with E-state index in [2.05, 4.69) is 27.7 Å². The van der Waals surface area contributed by atoms with E-state index in [1.807, 2.05) is 6.92 Å². The fraction of sp³-hybridized carbons (Fsp3) is 0.824. The third-order valence-electron chi connectivity index (χ3n) is 13.9. The maximum atomic E-state index is 13.9. The summed E-state index contributed by atoms with van der Waals surface area (Å²) in [6, 6.07) is 0. The van der Waals surface area contributed by atoms with Gasteiger partial charge in [0, 0.05) is 31.1 Å². The van der Waals surface area contributed by atoms with Crippen LogP contribution in [-0.2, 0) is 38.2 Å². The van der Waals surface area contributed by atoms with E-state index in [1.54, 1.807) is 0 Å². The van der Waals surface area contributed by atoms with Crippen LogP contribution in [0, 0.1) is 62.6 Å². The zero-order chi connectivity index (χ0) is 31.0. The van der Waals surface area contributed by atoms with E-state index in [4.69, 9.17) is 9.47 Å². The Kier molecular flexibility index (Phi) is 7.46. The molecular formula is C34H48O8. The summed E-state index contributed by atoms with van der Waals surface area (Å²) < 4.78 is 11.8. The molecule has 0 saturated heterocycles. The number of carbonyl (C=O) groups is 6. The van der Waals surface area contributed by atoms with Crippen LogP contribution < -0.4 is 0 Å². The average molecular weight is 585 g/mol. The van der Waals surface area contributed by atoms with E-state index in [0.29, 0.717) is 31.3 Å². The predicted molar refractivity (Wildman–Crippen MR) is 153 cm³/mol. The Morgan fingerprint density at radius 2 is 1.57 bits per heavy atom. The molecule has 0 spiro atoms. The number of esters is 2. The van der Waals surface area contributed by atoms with Gasteiger partial charge in [-0.3, -0.25) is 19.2 Å². The molecule has 5 saturated carbocycles. The van der Waals surface area contributed by atoms with Crippen molar-refractivity contribution in [1.82, 2.24) is 0 Å². The van der Waals surface area contributed by atoms with Gasteiger partial charge >= 0.3 is 11.9 Å². The molecule has 5 aliphatic rings. The quantitative estimate of drug-likeness (QED) is 0.186. The van der Waals surface area contributed by atoms with Crippen molar-refractivity contribution in [3.05, 3.63) is 0 Å². The highest BCUT2D eigenvalue weighted by atomic mass is 16.6. The molecule has 0 heterocycles. The predicted octanol–water partition coefficient (Wildman–Crippen LogP) is 4.93. The van der Waals surface area contributed by atoms with Gasteiger partial charge < -0.3 is 19.1 Å². The summed E-state index contributed by atoms with van der Waals surface area (Å²) in [5, 5.41) is 0. The Morgan fingerprint density at radius 3 is 2.14 bits per heavy atom. The van der Waals surface area contributed by atoms with Crippen LogP contribution >= 0.6 is 0 Å². The van der Waals surface area contributed by atoms with Gasteiger partial charge in [-0.05, 0) is 91.3 Å². The van der Waals surface area contributed by atoms with Crippen molar-refractivity contribution >= 4 is 36.1 Å². The maximum Gasteiger partial charge on any atom is 0.302 e. The van der Waals surface area contributed by atoms with Crippen molar-refractivity contribution < 1.29 is 38.2 Å². The SMILES string of the molecule is CC(=O)OC[C@@]12CC[C@]3(C)[C@H](CC[C@@H]4[C@@]5(C)C(=O)C(=O)CC(C=O)(C=O)[C@@H]5CC[C@]43C)[C@H]1[C@H](C(C)C)CC2OC(C)=O. The lowest BCUT2D eigenvalue weighted by Crippen LogP contribution is -2.70. The molecule has 5 rings (SSSR count). The van der Waals surface area contributed by atoms with E-state index >= 15 is 0 Å². The highest BCUT2D eigenvalue weighted by Crippen LogP contribution is 2.77. The van der Waals surface area contributed by atoms with Gasteiger partial charge in [-0.2, -0.15) is 0 Å². The summed E-state index contributed by atoms with van der Waals surface area (Å²) in [4.78, 5) is 76.2. The second-order valence-electron chi connectivity index (χ2n) is 15.5. The largest absolute Gasteiger partial charge is 0.465 e. The summed E-state index contributed by atoms with van der Waals surface area (Å²) in [7, 11) is 0. The molecule has 1 unspecified atom stereocenters. The zero-order valence-corrected chi connectivity index (χ0v) is 26.3. The lowest BCUT2D eigenvalue weighted by atomic mass is 9.32. The minimum atomic E-state index is -1.45. The first-order chi connectivity index (χ1) is 19.6. The van der Waals surface area contributed by atoms with Crippen molar-refractivity contribution in [3.8, 4) is 0 Å². The lowest BCUT2D eigenvalue weighted by Gasteiger charge is -2.71. The normalized spacial score (nSPS) is 45.6. The molecule has 0 N–H and O–H groups in total. The second kappa shape index (κ2) is 10.1. The Balaban J connectivity index is 1.61. The number of ketones is 2. The van der Waals surface area contributed by atoms with E-state index in [-0.39, 0.29) is 65.6 Å². The van der Waals surface area contributed by atoms with E-state index < -0.39 is 33.7 Å². The van der Waals surface area contributed by atoms with Gasteiger partial charge in [0.05, 0.1) is 5.41 Å². The molecule has 8 heteroatoms. The molecular weight excluding hydrogens is 536 g/mol. The molecule has 0 bridgehead atoms. The van der Waals surface area contributed by atoms with Crippen LogP contribution in [-0.4, -0.2) is 48.8 Å². The van der Waals surface area contributed by atoms with Crippen molar-refractivity contribution in [3.63, 3.8) is 0 Å². The molecule has 42 heavy (non-hydrogen) atoms. The van der Waals surface area contributed by atoms with Gasteiger partial charge in [0.2, 0.25) is 5.78 Å². The minimum Gasteiger partial charge on any atom is -0.465 e. The second-order valence-corrected chi connectivity index (χ2v) is 15.5. The molecule has 0 aliphatic heterocycles. The van der Waals surface area contributed by atoms with Crippen molar-refractivity contribution in [2.24, 2.45) is 62.6 Å².